The summed E-state index contributed by atoms with van der Waals surface area (Å²) < 4.78 is 1.14. The number of halogens is 5. The fourth-order valence-electron chi connectivity index (χ4n) is 1.08. The second kappa shape index (κ2) is 7.81. The van der Waals surface area contributed by atoms with Gasteiger partial charge in [0, 0.05) is 6.07 Å². The van der Waals surface area contributed by atoms with Gasteiger partial charge in [-0.2, -0.15) is 0 Å². The van der Waals surface area contributed by atoms with Gasteiger partial charge >= 0.3 is 0 Å². The van der Waals surface area contributed by atoms with Crippen molar-refractivity contribution in [3.8, 4) is 0 Å². The molecular weight excluding hydrogens is 425 g/mol. The van der Waals surface area contributed by atoms with Gasteiger partial charge in [0.05, 0.1) is 20.1 Å². The van der Waals surface area contributed by atoms with E-state index in [1.807, 2.05) is 53.8 Å². The van der Waals surface area contributed by atoms with Crippen LogP contribution >= 0.6 is 46.4 Å². The molecule has 5 heteroatoms. The van der Waals surface area contributed by atoms with E-state index in [1.165, 1.54) is 0 Å². The number of benzene rings is 2. The van der Waals surface area contributed by atoms with E-state index in [4.69, 9.17) is 46.4 Å². The Morgan fingerprint density at radius 3 is 1.61 bits per heavy atom. The van der Waals surface area contributed by atoms with Gasteiger partial charge in [0.15, 0.2) is 3.57 Å². The third-order valence-electron chi connectivity index (χ3n) is 1.97. The standard InChI is InChI=1S/C7H6Cl2.C6H4Cl2I/c1-5-2-3-6(8)7(9)4-5;7-5-2-1-4(9)3-6(5)8/h2-4H,1H3;1-3,9H/q;+1. The summed E-state index contributed by atoms with van der Waals surface area (Å²) in [6.45, 7) is 1.97. The normalized spacial score (nSPS) is 9.67. The van der Waals surface area contributed by atoms with Gasteiger partial charge in [-0.1, -0.05) is 52.5 Å². The first-order chi connectivity index (χ1) is 8.40. The van der Waals surface area contributed by atoms with E-state index < -0.39 is 0 Å². The van der Waals surface area contributed by atoms with Gasteiger partial charge in [-0.25, -0.2) is 0 Å². The van der Waals surface area contributed by atoms with Crippen molar-refractivity contribution in [2.75, 3.05) is 0 Å². The maximum Gasteiger partial charge on any atom is 0.296 e. The van der Waals surface area contributed by atoms with E-state index in [-0.39, 0.29) is 0 Å². The lowest BCUT2D eigenvalue weighted by atomic mass is 10.2. The second-order valence-corrected chi connectivity index (χ2v) is 6.47. The largest absolute Gasteiger partial charge is 0.296 e. The molecule has 0 saturated heterocycles. The van der Waals surface area contributed by atoms with E-state index in [1.54, 1.807) is 12.1 Å². The predicted molar refractivity (Wildman–Crippen MR) is 77.8 cm³/mol. The van der Waals surface area contributed by atoms with Gasteiger partial charge < -0.3 is 0 Å². The molecule has 2 aromatic rings. The number of hydrogen-bond donors (Lipinski definition) is 0. The second-order valence-electron chi connectivity index (χ2n) is 3.49. The molecule has 2 aromatic carbocycles. The van der Waals surface area contributed by atoms with Crippen LogP contribution in [0.2, 0.25) is 20.1 Å². The third kappa shape index (κ3) is 5.54. The van der Waals surface area contributed by atoms with Crippen LogP contribution in [0.15, 0.2) is 36.4 Å². The highest BCUT2D eigenvalue weighted by Crippen LogP contribution is 2.21. The summed E-state index contributed by atoms with van der Waals surface area (Å²) in [5, 5.41) is 2.47. The molecule has 0 unspecified atom stereocenters. The molecule has 0 fully saturated rings. The molecule has 0 aromatic heterocycles. The SMILES string of the molecule is Cc1ccc(Cl)c(Cl)c1.Clc1ccc([IH+])cc1Cl. The van der Waals surface area contributed by atoms with Gasteiger partial charge in [0.1, 0.15) is 0 Å². The highest BCUT2D eigenvalue weighted by atomic mass is 127. The lowest BCUT2D eigenvalue weighted by Crippen LogP contribution is -3.34. The van der Waals surface area contributed by atoms with Crippen molar-refractivity contribution in [3.05, 3.63) is 65.6 Å². The quantitative estimate of drug-likeness (QED) is 0.442. The molecule has 0 aliphatic carbocycles. The van der Waals surface area contributed by atoms with Crippen LogP contribution in [0.3, 0.4) is 0 Å². The van der Waals surface area contributed by atoms with Crippen LogP contribution in [0, 0.1) is 10.5 Å². The first-order valence-electron chi connectivity index (χ1n) is 4.94. The monoisotopic (exact) mass is 433 g/mol. The molecule has 0 heterocycles. The highest BCUT2D eigenvalue weighted by molar-refractivity contribution is 6.42. The van der Waals surface area contributed by atoms with Crippen LogP contribution in [0.5, 0.6) is 0 Å². The molecule has 0 bridgehead atoms. The topological polar surface area (TPSA) is 0 Å². The first kappa shape index (κ1) is 16.4. The van der Waals surface area contributed by atoms with E-state index in [9.17, 15) is 0 Å². The van der Waals surface area contributed by atoms with Crippen LogP contribution in [-0.4, -0.2) is 0 Å². The zero-order valence-electron chi connectivity index (χ0n) is 9.38. The van der Waals surface area contributed by atoms with Crippen molar-refractivity contribution in [2.24, 2.45) is 0 Å². The van der Waals surface area contributed by atoms with Crippen LogP contribution in [0.25, 0.3) is 0 Å². The van der Waals surface area contributed by atoms with E-state index in [2.05, 4.69) is 0 Å². The molecule has 2 rings (SSSR count). The van der Waals surface area contributed by atoms with Crippen molar-refractivity contribution < 1.29 is 22.6 Å². The minimum atomic E-state index is 0.613. The molecule has 0 nitrogen and oxygen atoms in total. The molecule has 0 N–H and O–H groups in total. The van der Waals surface area contributed by atoms with Crippen LogP contribution in [0.1, 0.15) is 5.56 Å². The van der Waals surface area contributed by atoms with Crippen molar-refractivity contribution in [3.63, 3.8) is 0 Å². The van der Waals surface area contributed by atoms with E-state index in [0.717, 1.165) is 9.13 Å². The average molecular weight is 435 g/mol. The minimum Gasteiger partial charge on any atom is -0.0827 e. The Morgan fingerprint density at radius 1 is 0.722 bits per heavy atom. The Hall–Kier alpha value is 0.330. The summed E-state index contributed by atoms with van der Waals surface area (Å²) in [4.78, 5) is 0. The Balaban J connectivity index is 0.000000180. The Labute approximate surface area is 140 Å². The molecule has 0 saturated carbocycles. The molecule has 0 spiro atoms. The molecule has 0 aliphatic heterocycles. The molecule has 18 heavy (non-hydrogen) atoms. The van der Waals surface area contributed by atoms with Gasteiger partial charge in [0.2, 0.25) is 0 Å². The lowest BCUT2D eigenvalue weighted by Gasteiger charge is -1.94. The van der Waals surface area contributed by atoms with Crippen LogP contribution in [0.4, 0.5) is 0 Å². The van der Waals surface area contributed by atoms with Crippen molar-refractivity contribution in [2.45, 2.75) is 6.92 Å². The first-order valence-corrected chi connectivity index (χ1v) is 7.61. The summed E-state index contributed by atoms with van der Waals surface area (Å²) in [5.41, 5.74) is 1.13. The Kier molecular flexibility index (Phi) is 7.11. The summed E-state index contributed by atoms with van der Waals surface area (Å²) in [6, 6.07) is 11.1. The summed E-state index contributed by atoms with van der Waals surface area (Å²) in [5.74, 6) is 0. The van der Waals surface area contributed by atoms with E-state index in [0.29, 0.717) is 20.1 Å². The Bertz CT molecular complexity index is 491. The lowest BCUT2D eigenvalue weighted by molar-refractivity contribution is -0.328. The minimum absolute atomic E-state index is 0.613. The van der Waals surface area contributed by atoms with Crippen molar-refractivity contribution in [1.82, 2.24) is 0 Å². The van der Waals surface area contributed by atoms with Gasteiger partial charge in [-0.3, -0.25) is 0 Å². The molecule has 0 radical (unpaired) electrons. The number of hydrogen-bond acceptors (Lipinski definition) is 0. The highest BCUT2D eigenvalue weighted by Gasteiger charge is 2.00. The maximum absolute atomic E-state index is 5.68. The number of aryl methyl sites for hydroxylation is 1. The molecule has 0 aliphatic rings. The van der Waals surface area contributed by atoms with Crippen LogP contribution in [-0.2, 0) is 0 Å². The number of rotatable bonds is 0. The fraction of sp³-hybridized carbons (Fsp3) is 0.0769. The Morgan fingerprint density at radius 2 is 1.22 bits per heavy atom. The molecule has 0 atom stereocenters. The van der Waals surface area contributed by atoms with E-state index >= 15 is 0 Å². The average Bonchev–Trinajstić information content (AvgIpc) is 2.30. The zero-order valence-corrected chi connectivity index (χ0v) is 14.7. The predicted octanol–water partition coefficient (Wildman–Crippen LogP) is 2.75. The van der Waals surface area contributed by atoms with Crippen molar-refractivity contribution >= 4 is 46.4 Å². The van der Waals surface area contributed by atoms with Gasteiger partial charge in [-0.05, 0) is 36.8 Å². The molecular formula is C13H10Cl4I+. The van der Waals surface area contributed by atoms with Crippen LogP contribution < -0.4 is 22.6 Å². The summed E-state index contributed by atoms with van der Waals surface area (Å²) in [6.07, 6.45) is 0. The fourth-order valence-corrected chi connectivity index (χ4v) is 2.46. The summed E-state index contributed by atoms with van der Waals surface area (Å²) >= 11 is 24.6. The van der Waals surface area contributed by atoms with Gasteiger partial charge in [-0.15, -0.1) is 0 Å². The smallest absolute Gasteiger partial charge is 0.0827 e. The van der Waals surface area contributed by atoms with Gasteiger partial charge in [0.25, 0.3) is 22.6 Å². The maximum atomic E-state index is 5.68. The molecule has 96 valence electrons. The zero-order chi connectivity index (χ0) is 13.7. The molecule has 0 amide bonds. The third-order valence-corrected chi connectivity index (χ3v) is 4.17. The summed E-state index contributed by atoms with van der Waals surface area (Å²) in [7, 11) is 0. The van der Waals surface area contributed by atoms with Crippen molar-refractivity contribution in [1.29, 1.82) is 0 Å².